The van der Waals surface area contributed by atoms with Crippen LogP contribution in [0, 0.1) is 5.92 Å². The Labute approximate surface area is 118 Å². The molecule has 1 aliphatic carbocycles. The second kappa shape index (κ2) is 5.44. The van der Waals surface area contributed by atoms with Gasteiger partial charge in [0, 0.05) is 0 Å². The minimum absolute atomic E-state index is 0.378. The fourth-order valence-electron chi connectivity index (χ4n) is 3.00. The van der Waals surface area contributed by atoms with Gasteiger partial charge in [-0.05, 0) is 50.2 Å². The second-order valence-electron chi connectivity index (χ2n) is 6.15. The van der Waals surface area contributed by atoms with Gasteiger partial charge in [-0.15, -0.1) is 0 Å². The number of rotatable bonds is 2. The molecule has 0 aromatic carbocycles. The third-order valence-corrected chi connectivity index (χ3v) is 5.88. The van der Waals surface area contributed by atoms with Crippen LogP contribution in [0.25, 0.3) is 0 Å². The van der Waals surface area contributed by atoms with Crippen molar-refractivity contribution in [1.29, 1.82) is 0 Å². The zero-order chi connectivity index (χ0) is 13.3. The van der Waals surface area contributed by atoms with Gasteiger partial charge < -0.3 is 10.3 Å². The molecule has 0 spiro atoms. The normalized spacial score (nSPS) is 36.3. The maximum atomic E-state index is 6.48. The van der Waals surface area contributed by atoms with Crippen molar-refractivity contribution in [3.8, 4) is 0 Å². The van der Waals surface area contributed by atoms with E-state index in [1.54, 1.807) is 0 Å². The first-order chi connectivity index (χ1) is 9.17. The lowest BCUT2D eigenvalue weighted by Crippen LogP contribution is -2.40. The van der Waals surface area contributed by atoms with Crippen molar-refractivity contribution in [2.75, 3.05) is 5.75 Å². The van der Waals surface area contributed by atoms with Gasteiger partial charge in [0.05, 0.1) is 10.8 Å². The first kappa shape index (κ1) is 13.4. The van der Waals surface area contributed by atoms with Crippen molar-refractivity contribution in [3.63, 3.8) is 0 Å². The van der Waals surface area contributed by atoms with Crippen LogP contribution in [0.3, 0.4) is 0 Å². The van der Waals surface area contributed by atoms with Gasteiger partial charge in [-0.3, -0.25) is 0 Å². The van der Waals surface area contributed by atoms with Crippen LogP contribution >= 0.6 is 11.8 Å². The molecule has 0 radical (unpaired) electrons. The molecular weight excluding hydrogens is 258 g/mol. The van der Waals surface area contributed by atoms with Crippen LogP contribution in [0.4, 0.5) is 0 Å². The Morgan fingerprint density at radius 2 is 2.05 bits per heavy atom. The summed E-state index contributed by atoms with van der Waals surface area (Å²) in [7, 11) is 0. The number of hydrogen-bond acceptors (Lipinski definition) is 5. The number of nitrogens with two attached hydrogens (primary N) is 1. The van der Waals surface area contributed by atoms with E-state index in [9.17, 15) is 0 Å². The summed E-state index contributed by atoms with van der Waals surface area (Å²) < 4.78 is 5.50. The quantitative estimate of drug-likeness (QED) is 0.900. The minimum atomic E-state index is -0.378. The Bertz CT molecular complexity index is 420. The summed E-state index contributed by atoms with van der Waals surface area (Å²) in [5.41, 5.74) is 6.10. The third-order valence-electron chi connectivity index (χ3n) is 4.50. The average molecular weight is 281 g/mol. The summed E-state index contributed by atoms with van der Waals surface area (Å²) in [5, 5.41) is 4.61. The predicted octanol–water partition coefficient (Wildman–Crippen LogP) is 3.39. The molecule has 5 heteroatoms. The molecule has 2 fully saturated rings. The van der Waals surface area contributed by atoms with Crippen molar-refractivity contribution in [2.24, 2.45) is 11.7 Å². The summed E-state index contributed by atoms with van der Waals surface area (Å²) >= 11 is 1.95. The molecule has 1 saturated heterocycles. The molecule has 1 aromatic rings. The third kappa shape index (κ3) is 2.82. The van der Waals surface area contributed by atoms with E-state index in [0.717, 1.165) is 43.8 Å². The van der Waals surface area contributed by atoms with E-state index in [4.69, 9.17) is 10.3 Å². The summed E-state index contributed by atoms with van der Waals surface area (Å²) in [5.74, 6) is 3.51. The molecule has 2 heterocycles. The van der Waals surface area contributed by atoms with Crippen LogP contribution in [0.15, 0.2) is 4.52 Å². The van der Waals surface area contributed by atoms with Crippen LogP contribution in [0.2, 0.25) is 0 Å². The van der Waals surface area contributed by atoms with Crippen molar-refractivity contribution in [3.05, 3.63) is 11.7 Å². The van der Waals surface area contributed by atoms with Crippen molar-refractivity contribution in [2.45, 2.75) is 62.7 Å². The molecule has 1 aromatic heterocycles. The van der Waals surface area contributed by atoms with E-state index in [0.29, 0.717) is 11.1 Å². The second-order valence-corrected chi connectivity index (χ2v) is 7.46. The highest BCUT2D eigenvalue weighted by Crippen LogP contribution is 2.40. The van der Waals surface area contributed by atoms with Crippen LogP contribution in [-0.2, 0) is 5.54 Å². The number of nitrogens with zero attached hydrogens (tertiary/aromatic N) is 2. The van der Waals surface area contributed by atoms with Gasteiger partial charge in [0.2, 0.25) is 5.89 Å². The first-order valence-corrected chi connectivity index (χ1v) is 8.47. The van der Waals surface area contributed by atoms with Gasteiger partial charge >= 0.3 is 0 Å². The first-order valence-electron chi connectivity index (χ1n) is 7.42. The Morgan fingerprint density at radius 1 is 1.26 bits per heavy atom. The van der Waals surface area contributed by atoms with Crippen molar-refractivity contribution in [1.82, 2.24) is 10.1 Å². The molecule has 2 N–H and O–H groups in total. The lowest BCUT2D eigenvalue weighted by Gasteiger charge is -2.32. The highest BCUT2D eigenvalue weighted by Gasteiger charge is 2.37. The monoisotopic (exact) mass is 281 g/mol. The fourth-order valence-corrected chi connectivity index (χ4v) is 4.24. The molecule has 1 atom stereocenters. The van der Waals surface area contributed by atoms with Gasteiger partial charge in [-0.1, -0.05) is 18.5 Å². The number of aromatic nitrogens is 2. The van der Waals surface area contributed by atoms with Gasteiger partial charge in [0.25, 0.3) is 0 Å². The van der Waals surface area contributed by atoms with E-state index >= 15 is 0 Å². The SMILES string of the molecule is CC1CCC(N)(c2nc(C3CCCCS3)no2)CC1. The molecule has 1 saturated carbocycles. The summed E-state index contributed by atoms with van der Waals surface area (Å²) in [6.07, 6.45) is 8.00. The lowest BCUT2D eigenvalue weighted by atomic mass is 9.78. The zero-order valence-electron chi connectivity index (χ0n) is 11.6. The van der Waals surface area contributed by atoms with Gasteiger partial charge in [0.15, 0.2) is 5.82 Å². The highest BCUT2D eigenvalue weighted by atomic mass is 32.2. The van der Waals surface area contributed by atoms with E-state index in [2.05, 4.69) is 17.1 Å². The fraction of sp³-hybridized carbons (Fsp3) is 0.857. The smallest absolute Gasteiger partial charge is 0.246 e. The molecule has 4 nitrogen and oxygen atoms in total. The van der Waals surface area contributed by atoms with E-state index < -0.39 is 0 Å². The molecule has 1 unspecified atom stereocenters. The Kier molecular flexibility index (Phi) is 3.85. The maximum Gasteiger partial charge on any atom is 0.246 e. The molecule has 0 bridgehead atoms. The van der Waals surface area contributed by atoms with Crippen molar-refractivity contribution >= 4 is 11.8 Å². The van der Waals surface area contributed by atoms with Crippen LogP contribution in [0.1, 0.15) is 68.8 Å². The lowest BCUT2D eigenvalue weighted by molar-refractivity contribution is 0.190. The molecule has 106 valence electrons. The van der Waals surface area contributed by atoms with Gasteiger partial charge in [0.1, 0.15) is 0 Å². The number of thioether (sulfide) groups is 1. The van der Waals surface area contributed by atoms with Gasteiger partial charge in [-0.25, -0.2) is 0 Å². The van der Waals surface area contributed by atoms with Gasteiger partial charge in [-0.2, -0.15) is 16.7 Å². The predicted molar refractivity (Wildman–Crippen MR) is 76.8 cm³/mol. The minimum Gasteiger partial charge on any atom is -0.337 e. The van der Waals surface area contributed by atoms with Crippen LogP contribution in [-0.4, -0.2) is 15.9 Å². The molecule has 3 rings (SSSR count). The van der Waals surface area contributed by atoms with E-state index in [1.165, 1.54) is 18.6 Å². The Balaban J connectivity index is 1.73. The van der Waals surface area contributed by atoms with E-state index in [-0.39, 0.29) is 5.54 Å². The Morgan fingerprint density at radius 3 is 2.74 bits per heavy atom. The zero-order valence-corrected chi connectivity index (χ0v) is 12.4. The summed E-state index contributed by atoms with van der Waals surface area (Å²) in [4.78, 5) is 4.63. The molecule has 2 aliphatic rings. The van der Waals surface area contributed by atoms with E-state index in [1.807, 2.05) is 11.8 Å². The topological polar surface area (TPSA) is 64.9 Å². The average Bonchev–Trinajstić information content (AvgIpc) is 2.94. The Hall–Kier alpha value is -0.550. The molecule has 1 aliphatic heterocycles. The molecular formula is C14H23N3OS. The standard InChI is InChI=1S/C14H23N3OS/c1-10-5-7-14(15,8-6-10)13-16-12(17-18-13)11-4-2-3-9-19-11/h10-11H,2-9,15H2,1H3. The maximum absolute atomic E-state index is 6.48. The van der Waals surface area contributed by atoms with Crippen molar-refractivity contribution < 1.29 is 4.52 Å². The van der Waals surface area contributed by atoms with Crippen LogP contribution < -0.4 is 5.73 Å². The summed E-state index contributed by atoms with van der Waals surface area (Å²) in [6.45, 7) is 2.29. The van der Waals surface area contributed by atoms with Crippen LogP contribution in [0.5, 0.6) is 0 Å². The summed E-state index contributed by atoms with van der Waals surface area (Å²) in [6, 6.07) is 0. The molecule has 19 heavy (non-hydrogen) atoms. The largest absolute Gasteiger partial charge is 0.337 e. The highest BCUT2D eigenvalue weighted by molar-refractivity contribution is 7.99. The molecule has 0 amide bonds. The number of hydrogen-bond donors (Lipinski definition) is 1.